The van der Waals surface area contributed by atoms with Crippen molar-refractivity contribution >= 4 is 23.2 Å². The Labute approximate surface area is 121 Å². The van der Waals surface area contributed by atoms with Gasteiger partial charge in [0.1, 0.15) is 11.4 Å². The largest absolute Gasteiger partial charge is 0.322 e. The van der Waals surface area contributed by atoms with Crippen molar-refractivity contribution in [3.05, 3.63) is 64.9 Å². The predicted molar refractivity (Wildman–Crippen MR) is 78.0 cm³/mol. The van der Waals surface area contributed by atoms with Crippen LogP contribution in [0.15, 0.2) is 48.5 Å². The number of carbonyl (C=O) groups is 1. The van der Waals surface area contributed by atoms with Gasteiger partial charge < -0.3 is 11.1 Å². The molecule has 1 amide bonds. The normalized spacial score (nSPS) is 13.6. The van der Waals surface area contributed by atoms with Crippen molar-refractivity contribution in [2.24, 2.45) is 5.73 Å². The highest BCUT2D eigenvalue weighted by Gasteiger charge is 2.30. The van der Waals surface area contributed by atoms with Crippen LogP contribution in [0.1, 0.15) is 12.5 Å². The number of hydrogen-bond donors (Lipinski definition) is 2. The maximum atomic E-state index is 13.7. The van der Waals surface area contributed by atoms with Crippen molar-refractivity contribution in [1.82, 2.24) is 0 Å². The SMILES string of the molecule is CC(N)(C(=O)Nc1ccc(Cl)cc1F)c1ccccc1. The highest BCUT2D eigenvalue weighted by Crippen LogP contribution is 2.23. The number of halogens is 2. The van der Waals surface area contributed by atoms with E-state index in [1.54, 1.807) is 31.2 Å². The van der Waals surface area contributed by atoms with Crippen LogP contribution in [0.25, 0.3) is 0 Å². The maximum absolute atomic E-state index is 13.7. The van der Waals surface area contributed by atoms with Crippen molar-refractivity contribution in [2.75, 3.05) is 5.32 Å². The molecule has 1 atom stereocenters. The quantitative estimate of drug-likeness (QED) is 0.912. The average Bonchev–Trinajstić information content (AvgIpc) is 2.42. The summed E-state index contributed by atoms with van der Waals surface area (Å²) in [6.45, 7) is 1.57. The number of carbonyl (C=O) groups excluding carboxylic acids is 1. The van der Waals surface area contributed by atoms with Gasteiger partial charge in [0.05, 0.1) is 5.69 Å². The van der Waals surface area contributed by atoms with Crippen molar-refractivity contribution in [3.63, 3.8) is 0 Å². The number of rotatable bonds is 3. The Morgan fingerprint density at radius 2 is 1.90 bits per heavy atom. The standard InChI is InChI=1S/C15H14ClFN2O/c1-15(18,10-5-3-2-4-6-10)14(20)19-13-8-7-11(16)9-12(13)17/h2-9H,18H2,1H3,(H,19,20). The van der Waals surface area contributed by atoms with Crippen molar-refractivity contribution in [1.29, 1.82) is 0 Å². The highest BCUT2D eigenvalue weighted by molar-refractivity contribution is 6.30. The summed E-state index contributed by atoms with van der Waals surface area (Å²) < 4.78 is 13.7. The Morgan fingerprint density at radius 1 is 1.25 bits per heavy atom. The highest BCUT2D eigenvalue weighted by atomic mass is 35.5. The van der Waals surface area contributed by atoms with Gasteiger partial charge in [0, 0.05) is 5.02 Å². The smallest absolute Gasteiger partial charge is 0.248 e. The lowest BCUT2D eigenvalue weighted by molar-refractivity contribution is -0.120. The topological polar surface area (TPSA) is 55.1 Å². The van der Waals surface area contributed by atoms with Crippen LogP contribution in [0.4, 0.5) is 10.1 Å². The molecule has 2 aromatic carbocycles. The Bertz CT molecular complexity index is 629. The minimum atomic E-state index is -1.26. The monoisotopic (exact) mass is 292 g/mol. The van der Waals surface area contributed by atoms with Gasteiger partial charge in [-0.2, -0.15) is 0 Å². The lowest BCUT2D eigenvalue weighted by atomic mass is 9.92. The molecule has 0 saturated carbocycles. The number of nitrogens with one attached hydrogen (secondary N) is 1. The molecule has 0 aliphatic carbocycles. The second-order valence-electron chi connectivity index (χ2n) is 4.65. The molecule has 0 saturated heterocycles. The molecule has 0 aliphatic rings. The molecule has 1 unspecified atom stereocenters. The summed E-state index contributed by atoms with van der Waals surface area (Å²) >= 11 is 5.66. The molecule has 0 heterocycles. The molecule has 2 aromatic rings. The van der Waals surface area contributed by atoms with Crippen LogP contribution in [-0.4, -0.2) is 5.91 Å². The minimum Gasteiger partial charge on any atom is -0.322 e. The van der Waals surface area contributed by atoms with Gasteiger partial charge in [-0.15, -0.1) is 0 Å². The first-order chi connectivity index (χ1) is 9.41. The second kappa shape index (κ2) is 5.61. The molecular weight excluding hydrogens is 279 g/mol. The van der Waals surface area contributed by atoms with Gasteiger partial charge in [-0.25, -0.2) is 4.39 Å². The molecule has 0 aromatic heterocycles. The molecular formula is C15H14ClFN2O. The summed E-state index contributed by atoms with van der Waals surface area (Å²) in [6, 6.07) is 12.9. The van der Waals surface area contributed by atoms with E-state index in [1.165, 1.54) is 12.1 Å². The third-order valence-corrected chi connectivity index (χ3v) is 3.26. The molecule has 104 valence electrons. The maximum Gasteiger partial charge on any atom is 0.248 e. The summed E-state index contributed by atoms with van der Waals surface area (Å²) in [7, 11) is 0. The Morgan fingerprint density at radius 3 is 2.50 bits per heavy atom. The van der Waals surface area contributed by atoms with E-state index in [4.69, 9.17) is 17.3 Å². The summed E-state index contributed by atoms with van der Waals surface area (Å²) in [5, 5.41) is 2.74. The van der Waals surface area contributed by atoms with Crippen LogP contribution < -0.4 is 11.1 Å². The van der Waals surface area contributed by atoms with Gasteiger partial charge in [-0.05, 0) is 30.7 Å². The molecule has 3 N–H and O–H groups in total. The first kappa shape index (κ1) is 14.5. The molecule has 20 heavy (non-hydrogen) atoms. The zero-order valence-corrected chi connectivity index (χ0v) is 11.6. The van der Waals surface area contributed by atoms with Crippen LogP contribution in [0.5, 0.6) is 0 Å². The first-order valence-corrected chi connectivity index (χ1v) is 6.40. The van der Waals surface area contributed by atoms with Gasteiger partial charge in [0.15, 0.2) is 0 Å². The van der Waals surface area contributed by atoms with E-state index >= 15 is 0 Å². The van der Waals surface area contributed by atoms with Gasteiger partial charge in [-0.1, -0.05) is 41.9 Å². The Balaban J connectivity index is 2.23. The van der Waals surface area contributed by atoms with E-state index in [0.717, 1.165) is 6.07 Å². The summed E-state index contributed by atoms with van der Waals surface area (Å²) in [6.07, 6.45) is 0. The van der Waals surface area contributed by atoms with Crippen molar-refractivity contribution in [3.8, 4) is 0 Å². The van der Waals surface area contributed by atoms with Crippen molar-refractivity contribution < 1.29 is 9.18 Å². The third kappa shape index (κ3) is 2.98. The van der Waals surface area contributed by atoms with Crippen LogP contribution in [0.2, 0.25) is 5.02 Å². The van der Waals surface area contributed by atoms with Gasteiger partial charge in [0.25, 0.3) is 0 Å². The minimum absolute atomic E-state index is 0.0482. The van der Waals surface area contributed by atoms with Gasteiger partial charge in [-0.3, -0.25) is 4.79 Å². The van der Waals surface area contributed by atoms with Crippen LogP contribution in [0.3, 0.4) is 0 Å². The van der Waals surface area contributed by atoms with Crippen molar-refractivity contribution in [2.45, 2.75) is 12.5 Å². The van der Waals surface area contributed by atoms with E-state index in [-0.39, 0.29) is 10.7 Å². The average molecular weight is 293 g/mol. The van der Waals surface area contributed by atoms with Crippen LogP contribution in [-0.2, 0) is 10.3 Å². The molecule has 0 aliphatic heterocycles. The Kier molecular flexibility index (Phi) is 4.06. The van der Waals surface area contributed by atoms with Gasteiger partial charge >= 0.3 is 0 Å². The zero-order valence-electron chi connectivity index (χ0n) is 10.9. The van der Waals surface area contributed by atoms with Gasteiger partial charge in [0.2, 0.25) is 5.91 Å². The lowest BCUT2D eigenvalue weighted by Gasteiger charge is -2.24. The fraction of sp³-hybridized carbons (Fsp3) is 0.133. The van der Waals surface area contributed by atoms with E-state index in [1.807, 2.05) is 6.07 Å². The fourth-order valence-electron chi connectivity index (χ4n) is 1.76. The van der Waals surface area contributed by atoms with Crippen LogP contribution in [0, 0.1) is 5.82 Å². The summed E-state index contributed by atoms with van der Waals surface area (Å²) in [4.78, 5) is 12.2. The van der Waals surface area contributed by atoms with Crippen LogP contribution >= 0.6 is 11.6 Å². The number of amides is 1. The molecule has 0 spiro atoms. The molecule has 0 bridgehead atoms. The number of nitrogens with two attached hydrogens (primary N) is 1. The fourth-order valence-corrected chi connectivity index (χ4v) is 1.92. The number of hydrogen-bond acceptors (Lipinski definition) is 2. The molecule has 3 nitrogen and oxygen atoms in total. The summed E-state index contributed by atoms with van der Waals surface area (Å²) in [5.74, 6) is -1.10. The second-order valence-corrected chi connectivity index (χ2v) is 5.08. The van der Waals surface area contributed by atoms with E-state index in [0.29, 0.717) is 5.56 Å². The van der Waals surface area contributed by atoms with E-state index in [2.05, 4.69) is 5.32 Å². The molecule has 0 fully saturated rings. The third-order valence-electron chi connectivity index (χ3n) is 3.02. The number of benzene rings is 2. The molecule has 0 radical (unpaired) electrons. The first-order valence-electron chi connectivity index (χ1n) is 6.02. The van der Waals surface area contributed by atoms with E-state index in [9.17, 15) is 9.18 Å². The lowest BCUT2D eigenvalue weighted by Crippen LogP contribution is -2.45. The molecule has 2 rings (SSSR count). The summed E-state index contributed by atoms with van der Waals surface area (Å²) in [5.41, 5.74) is 5.49. The Hall–Kier alpha value is -1.91. The molecule has 5 heteroatoms. The number of anilines is 1. The van der Waals surface area contributed by atoms with E-state index < -0.39 is 17.3 Å². The zero-order chi connectivity index (χ0) is 14.8. The predicted octanol–water partition coefficient (Wildman–Crippen LogP) is 3.29.